The fourth-order valence-corrected chi connectivity index (χ4v) is 1.03. The molecule has 0 aromatic rings. The molecule has 2 nitrogen and oxygen atoms in total. The molecule has 0 spiro atoms. The highest BCUT2D eigenvalue weighted by atomic mass is 15.6. The van der Waals surface area contributed by atoms with Gasteiger partial charge in [-0.2, -0.15) is 5.43 Å². The summed E-state index contributed by atoms with van der Waals surface area (Å²) in [4.78, 5) is 0. The molecule has 1 N–H and O–H groups in total. The Morgan fingerprint density at radius 2 is 2.08 bits per heavy atom. The Kier molecular flexibility index (Phi) is 4.86. The van der Waals surface area contributed by atoms with E-state index >= 15 is 0 Å². The first-order valence-electron chi connectivity index (χ1n) is 4.36. The predicted molar refractivity (Wildman–Crippen MR) is 54.6 cm³/mol. The Hall–Kier alpha value is -0.600. The Morgan fingerprint density at radius 1 is 1.50 bits per heavy atom. The number of quaternary nitrogens is 1. The molecular formula is C10H21N2+. The lowest BCUT2D eigenvalue weighted by atomic mass is 10.3. The molecule has 0 radical (unpaired) electrons. The Morgan fingerprint density at radius 3 is 2.50 bits per heavy atom. The summed E-state index contributed by atoms with van der Waals surface area (Å²) in [7, 11) is 4.28. The minimum atomic E-state index is 0.352. The molecule has 0 aliphatic carbocycles. The van der Waals surface area contributed by atoms with E-state index in [9.17, 15) is 0 Å². The van der Waals surface area contributed by atoms with E-state index in [1.807, 2.05) is 13.0 Å². The van der Waals surface area contributed by atoms with Gasteiger partial charge in [-0.15, -0.1) is 6.58 Å². The molecule has 0 aromatic carbocycles. The quantitative estimate of drug-likeness (QED) is 0.375. The van der Waals surface area contributed by atoms with Gasteiger partial charge in [0, 0.05) is 0 Å². The third-order valence-electron chi connectivity index (χ3n) is 1.70. The monoisotopic (exact) mass is 169 g/mol. The van der Waals surface area contributed by atoms with Crippen molar-refractivity contribution in [1.29, 1.82) is 0 Å². The van der Waals surface area contributed by atoms with Gasteiger partial charge in [0.25, 0.3) is 0 Å². The maximum absolute atomic E-state index is 3.73. The second-order valence-electron chi connectivity index (χ2n) is 3.59. The van der Waals surface area contributed by atoms with E-state index in [0.29, 0.717) is 6.04 Å². The third kappa shape index (κ3) is 5.10. The van der Waals surface area contributed by atoms with Crippen LogP contribution in [0.5, 0.6) is 0 Å². The van der Waals surface area contributed by atoms with E-state index in [2.05, 4.69) is 45.2 Å². The minimum absolute atomic E-state index is 0.352. The zero-order chi connectivity index (χ0) is 9.61. The second kappa shape index (κ2) is 5.12. The van der Waals surface area contributed by atoms with Crippen molar-refractivity contribution in [3.05, 3.63) is 24.8 Å². The van der Waals surface area contributed by atoms with Gasteiger partial charge < -0.3 is 0 Å². The molecule has 0 aliphatic rings. The molecule has 0 rings (SSSR count). The summed E-state index contributed by atoms with van der Waals surface area (Å²) < 4.78 is 0.789. The molecule has 0 aliphatic heterocycles. The van der Waals surface area contributed by atoms with Crippen molar-refractivity contribution in [2.75, 3.05) is 20.6 Å². The van der Waals surface area contributed by atoms with Crippen molar-refractivity contribution in [2.45, 2.75) is 19.9 Å². The van der Waals surface area contributed by atoms with Gasteiger partial charge in [-0.05, 0) is 19.9 Å². The number of rotatable bonds is 5. The molecule has 0 heterocycles. The number of nitrogens with one attached hydrogen (secondary N) is 1. The second-order valence-corrected chi connectivity index (χ2v) is 3.59. The summed E-state index contributed by atoms with van der Waals surface area (Å²) in [6, 6.07) is 0.352. The van der Waals surface area contributed by atoms with Crippen LogP contribution < -0.4 is 5.43 Å². The van der Waals surface area contributed by atoms with Crippen LogP contribution in [0.15, 0.2) is 24.8 Å². The third-order valence-corrected chi connectivity index (χ3v) is 1.70. The molecule has 1 unspecified atom stereocenters. The zero-order valence-corrected chi connectivity index (χ0v) is 8.67. The summed E-state index contributed by atoms with van der Waals surface area (Å²) in [5, 5.41) is 0. The molecule has 1 atom stereocenters. The Balaban J connectivity index is 3.93. The largest absolute Gasteiger partial charge is 0.247 e. The van der Waals surface area contributed by atoms with Gasteiger partial charge in [0.2, 0.25) is 0 Å². The lowest BCUT2D eigenvalue weighted by molar-refractivity contribution is -0.930. The molecule has 2 heteroatoms. The highest BCUT2D eigenvalue weighted by Gasteiger charge is 2.14. The van der Waals surface area contributed by atoms with E-state index in [0.717, 1.165) is 11.1 Å². The molecule has 0 saturated heterocycles. The normalized spacial score (nSPS) is 15.0. The number of allylic oxidation sites excluding steroid dienone is 1. The smallest absolute Gasteiger partial charge is 0.114 e. The topological polar surface area (TPSA) is 12.0 Å². The van der Waals surface area contributed by atoms with Crippen LogP contribution in [0, 0.1) is 0 Å². The van der Waals surface area contributed by atoms with Crippen LogP contribution in [0.3, 0.4) is 0 Å². The summed E-state index contributed by atoms with van der Waals surface area (Å²) in [5.41, 5.74) is 3.41. The lowest BCUT2D eigenvalue weighted by Crippen LogP contribution is -2.54. The molecule has 70 valence electrons. The van der Waals surface area contributed by atoms with E-state index < -0.39 is 0 Å². The highest BCUT2D eigenvalue weighted by molar-refractivity contribution is 4.79. The summed E-state index contributed by atoms with van der Waals surface area (Å²) in [6.07, 6.45) is 6.14. The van der Waals surface area contributed by atoms with Crippen LogP contribution in [-0.4, -0.2) is 31.3 Å². The maximum Gasteiger partial charge on any atom is 0.114 e. The van der Waals surface area contributed by atoms with E-state index in [1.165, 1.54) is 0 Å². The highest BCUT2D eigenvalue weighted by Crippen LogP contribution is 1.95. The van der Waals surface area contributed by atoms with Crippen LogP contribution in [0.4, 0.5) is 0 Å². The number of likely N-dealkylation sites (N-methyl/N-ethyl adjacent to an activating group) is 1. The van der Waals surface area contributed by atoms with Crippen molar-refractivity contribution >= 4 is 0 Å². The first-order chi connectivity index (χ1) is 5.52. The molecule has 0 fully saturated rings. The van der Waals surface area contributed by atoms with E-state index in [4.69, 9.17) is 0 Å². The van der Waals surface area contributed by atoms with E-state index in [1.54, 1.807) is 0 Å². The summed E-state index contributed by atoms with van der Waals surface area (Å²) in [5.74, 6) is 0. The van der Waals surface area contributed by atoms with Gasteiger partial charge in [0.05, 0.1) is 20.1 Å². The first kappa shape index (κ1) is 11.4. The average Bonchev–Trinajstić information content (AvgIpc) is 2.00. The maximum atomic E-state index is 3.73. The van der Waals surface area contributed by atoms with Crippen molar-refractivity contribution in [1.82, 2.24) is 5.43 Å². The average molecular weight is 169 g/mol. The predicted octanol–water partition coefficient (Wildman–Crippen LogP) is 1.72. The minimum Gasteiger partial charge on any atom is -0.247 e. The van der Waals surface area contributed by atoms with Crippen molar-refractivity contribution < 1.29 is 4.59 Å². The molecule has 12 heavy (non-hydrogen) atoms. The Bertz CT molecular complexity index is 159. The van der Waals surface area contributed by atoms with Gasteiger partial charge in [-0.3, -0.25) is 0 Å². The molecule has 0 aromatic heterocycles. The number of hydrogen-bond acceptors (Lipinski definition) is 1. The van der Waals surface area contributed by atoms with Crippen LogP contribution in [0.2, 0.25) is 0 Å². The van der Waals surface area contributed by atoms with Gasteiger partial charge in [0.15, 0.2) is 0 Å². The lowest BCUT2D eigenvalue weighted by Gasteiger charge is -2.30. The van der Waals surface area contributed by atoms with Gasteiger partial charge >= 0.3 is 0 Å². The Labute approximate surface area is 76.1 Å². The molecule has 0 bridgehead atoms. The van der Waals surface area contributed by atoms with Gasteiger partial charge in [0.1, 0.15) is 6.54 Å². The molecular weight excluding hydrogens is 148 g/mol. The molecule has 0 amide bonds. The fourth-order valence-electron chi connectivity index (χ4n) is 1.03. The van der Waals surface area contributed by atoms with E-state index in [-0.39, 0.29) is 0 Å². The number of hydrogen-bond donors (Lipinski definition) is 1. The fraction of sp³-hybridized carbons (Fsp3) is 0.600. The van der Waals surface area contributed by atoms with Crippen molar-refractivity contribution in [3.8, 4) is 0 Å². The summed E-state index contributed by atoms with van der Waals surface area (Å²) in [6.45, 7) is 8.87. The van der Waals surface area contributed by atoms with Crippen molar-refractivity contribution in [3.63, 3.8) is 0 Å². The SMILES string of the molecule is C=CC(C)N[N+](C)(C)C/C=C/C. The standard InChI is InChI=1S/C10H21N2/c1-6-8-9-12(4,5)11-10(3)7-2/h6-8,10-11H,2,9H2,1,3-5H3/q+1/b8-6+. The van der Waals surface area contributed by atoms with Gasteiger partial charge in [-0.25, -0.2) is 4.59 Å². The summed E-state index contributed by atoms with van der Waals surface area (Å²) >= 11 is 0. The van der Waals surface area contributed by atoms with Crippen LogP contribution in [-0.2, 0) is 0 Å². The van der Waals surface area contributed by atoms with Crippen molar-refractivity contribution in [2.24, 2.45) is 0 Å². The van der Waals surface area contributed by atoms with Gasteiger partial charge in [-0.1, -0.05) is 12.2 Å². The van der Waals surface area contributed by atoms with Crippen LogP contribution in [0.1, 0.15) is 13.8 Å². The van der Waals surface area contributed by atoms with Crippen LogP contribution in [0.25, 0.3) is 0 Å². The zero-order valence-electron chi connectivity index (χ0n) is 8.67. The molecule has 0 saturated carbocycles. The number of nitrogens with zero attached hydrogens (tertiary/aromatic N) is 1. The first-order valence-corrected chi connectivity index (χ1v) is 4.36. The van der Waals surface area contributed by atoms with Crippen LogP contribution >= 0.6 is 0 Å².